The number of carbonyl (C=O) groups excluding carboxylic acids is 1. The molecule has 0 saturated carbocycles. The van der Waals surface area contributed by atoms with Crippen molar-refractivity contribution in [1.82, 2.24) is 15.1 Å². The highest BCUT2D eigenvalue weighted by atomic mass is 19.1. The third-order valence-electron chi connectivity index (χ3n) is 5.74. The molecule has 2 aromatic heterocycles. The average Bonchev–Trinajstić information content (AvgIpc) is 3.44. The van der Waals surface area contributed by atoms with Crippen LogP contribution in [-0.4, -0.2) is 41.7 Å². The molecular weight excluding hydrogens is 421 g/mol. The molecule has 0 aliphatic heterocycles. The molecule has 6 nitrogen and oxygen atoms in total. The maximum Gasteiger partial charge on any atom is 0.289 e. The monoisotopic (exact) mass is 449 g/mol. The molecule has 0 unspecified atom stereocenters. The van der Waals surface area contributed by atoms with Gasteiger partial charge in [-0.3, -0.25) is 9.89 Å². The standard InChI is InChI=1S/C26H28FN3O3/c1-30(26(31)25-22(17-32-2)21-9-5-6-10-24(21)33-25)15-7-3-4-8-20-16-23(29-28-20)18-11-13-19(27)14-12-18/h5-6,9-14,16H,3-4,7-8,15,17H2,1-2H3,(H,28,29). The van der Waals surface area contributed by atoms with E-state index >= 15 is 0 Å². The second kappa shape index (κ2) is 10.4. The lowest BCUT2D eigenvalue weighted by Crippen LogP contribution is -2.28. The minimum Gasteiger partial charge on any atom is -0.451 e. The minimum atomic E-state index is -0.256. The van der Waals surface area contributed by atoms with Crippen molar-refractivity contribution in [2.24, 2.45) is 0 Å². The third-order valence-corrected chi connectivity index (χ3v) is 5.74. The van der Waals surface area contributed by atoms with Crippen LogP contribution < -0.4 is 0 Å². The Kier molecular flexibility index (Phi) is 7.19. The largest absolute Gasteiger partial charge is 0.451 e. The van der Waals surface area contributed by atoms with Gasteiger partial charge in [0, 0.05) is 42.9 Å². The Bertz CT molecular complexity index is 1210. The lowest BCUT2D eigenvalue weighted by molar-refractivity contribution is 0.0757. The van der Waals surface area contributed by atoms with Crippen molar-refractivity contribution in [3.8, 4) is 11.3 Å². The Hall–Kier alpha value is -3.45. The summed E-state index contributed by atoms with van der Waals surface area (Å²) in [5.74, 6) is -0.0321. The summed E-state index contributed by atoms with van der Waals surface area (Å²) < 4.78 is 24.3. The van der Waals surface area contributed by atoms with Crippen molar-refractivity contribution in [3.63, 3.8) is 0 Å². The van der Waals surface area contributed by atoms with Crippen molar-refractivity contribution in [2.45, 2.75) is 32.3 Å². The van der Waals surface area contributed by atoms with Crippen LogP contribution in [0.15, 0.2) is 59.0 Å². The van der Waals surface area contributed by atoms with E-state index in [1.54, 1.807) is 31.2 Å². The average molecular weight is 450 g/mol. The van der Waals surface area contributed by atoms with Crippen LogP contribution in [-0.2, 0) is 17.8 Å². The third kappa shape index (κ3) is 5.31. The fourth-order valence-electron chi connectivity index (χ4n) is 3.93. The first-order valence-electron chi connectivity index (χ1n) is 11.1. The van der Waals surface area contributed by atoms with Gasteiger partial charge in [0.05, 0.1) is 12.3 Å². The number of hydrogen-bond donors (Lipinski definition) is 1. The molecular formula is C26H28FN3O3. The molecule has 0 atom stereocenters. The van der Waals surface area contributed by atoms with Crippen LogP contribution in [0, 0.1) is 5.82 Å². The Morgan fingerprint density at radius 3 is 2.70 bits per heavy atom. The number of hydrogen-bond acceptors (Lipinski definition) is 4. The van der Waals surface area contributed by atoms with E-state index in [1.165, 1.54) is 12.1 Å². The molecule has 0 fully saturated rings. The lowest BCUT2D eigenvalue weighted by Gasteiger charge is -2.16. The number of furan rings is 1. The zero-order chi connectivity index (χ0) is 23.2. The van der Waals surface area contributed by atoms with E-state index in [1.807, 2.05) is 30.3 Å². The maximum atomic E-state index is 13.1. The van der Waals surface area contributed by atoms with Gasteiger partial charge in [-0.25, -0.2) is 4.39 Å². The smallest absolute Gasteiger partial charge is 0.289 e. The van der Waals surface area contributed by atoms with Gasteiger partial charge in [0.1, 0.15) is 11.4 Å². The topological polar surface area (TPSA) is 71.4 Å². The van der Waals surface area contributed by atoms with Gasteiger partial charge < -0.3 is 14.1 Å². The first kappa shape index (κ1) is 22.7. The molecule has 0 spiro atoms. The highest BCUT2D eigenvalue weighted by molar-refractivity contribution is 5.98. The number of nitrogens with one attached hydrogen (secondary N) is 1. The van der Waals surface area contributed by atoms with E-state index in [2.05, 4.69) is 10.2 Å². The van der Waals surface area contributed by atoms with Crippen LogP contribution in [0.3, 0.4) is 0 Å². The molecule has 33 heavy (non-hydrogen) atoms. The summed E-state index contributed by atoms with van der Waals surface area (Å²) in [6.45, 7) is 0.974. The second-order valence-corrected chi connectivity index (χ2v) is 8.16. The molecule has 0 saturated heterocycles. The van der Waals surface area contributed by atoms with Crippen LogP contribution in [0.5, 0.6) is 0 Å². The number of amides is 1. The number of nitrogens with zero attached hydrogens (tertiary/aromatic N) is 2. The van der Waals surface area contributed by atoms with Gasteiger partial charge in [-0.15, -0.1) is 0 Å². The van der Waals surface area contributed by atoms with Gasteiger partial charge in [0.15, 0.2) is 5.76 Å². The number of ether oxygens (including phenoxy) is 1. The van der Waals surface area contributed by atoms with E-state index in [4.69, 9.17) is 9.15 Å². The summed E-state index contributed by atoms with van der Waals surface area (Å²) in [5, 5.41) is 8.29. The molecule has 1 amide bonds. The van der Waals surface area contributed by atoms with E-state index in [-0.39, 0.29) is 11.7 Å². The van der Waals surface area contributed by atoms with Gasteiger partial charge in [-0.2, -0.15) is 5.10 Å². The van der Waals surface area contributed by atoms with Crippen LogP contribution in [0.2, 0.25) is 0 Å². The fraction of sp³-hybridized carbons (Fsp3) is 0.308. The number of benzene rings is 2. The molecule has 0 aliphatic rings. The summed E-state index contributed by atoms with van der Waals surface area (Å²) in [6, 6.07) is 15.9. The Morgan fingerprint density at radius 2 is 1.91 bits per heavy atom. The molecule has 2 heterocycles. The fourth-order valence-corrected chi connectivity index (χ4v) is 3.93. The van der Waals surface area contributed by atoms with Gasteiger partial charge in [-0.05, 0) is 55.7 Å². The molecule has 2 aromatic carbocycles. The van der Waals surface area contributed by atoms with E-state index < -0.39 is 0 Å². The summed E-state index contributed by atoms with van der Waals surface area (Å²) in [6.07, 6.45) is 3.72. The molecule has 0 bridgehead atoms. The number of H-pyrrole nitrogens is 1. The molecule has 1 N–H and O–H groups in total. The number of aromatic nitrogens is 2. The molecule has 0 radical (unpaired) electrons. The van der Waals surface area contributed by atoms with E-state index in [0.717, 1.165) is 53.6 Å². The van der Waals surface area contributed by atoms with Crippen LogP contribution in [0.25, 0.3) is 22.2 Å². The lowest BCUT2D eigenvalue weighted by atomic mass is 10.1. The van der Waals surface area contributed by atoms with Gasteiger partial charge in [0.25, 0.3) is 5.91 Å². The van der Waals surface area contributed by atoms with Crippen molar-refractivity contribution < 1.29 is 18.3 Å². The molecule has 0 aliphatic carbocycles. The quantitative estimate of drug-likeness (QED) is 0.320. The number of carbonyl (C=O) groups is 1. The Labute approximate surface area is 192 Å². The number of para-hydroxylation sites is 1. The number of unbranched alkanes of at least 4 members (excludes halogenated alkanes) is 2. The van der Waals surface area contributed by atoms with Gasteiger partial charge in [0.2, 0.25) is 0 Å². The number of methoxy groups -OCH3 is 1. The zero-order valence-corrected chi connectivity index (χ0v) is 18.9. The van der Waals surface area contributed by atoms with Crippen LogP contribution in [0.4, 0.5) is 4.39 Å². The predicted octanol–water partition coefficient (Wildman–Crippen LogP) is 5.59. The molecule has 4 rings (SSSR count). The highest BCUT2D eigenvalue weighted by Crippen LogP contribution is 2.27. The normalized spacial score (nSPS) is 11.2. The number of aryl methyl sites for hydroxylation is 1. The van der Waals surface area contributed by atoms with Crippen molar-refractivity contribution in [1.29, 1.82) is 0 Å². The van der Waals surface area contributed by atoms with Crippen molar-refractivity contribution in [2.75, 3.05) is 20.7 Å². The Balaban J connectivity index is 1.27. The first-order chi connectivity index (χ1) is 16.1. The van der Waals surface area contributed by atoms with Gasteiger partial charge in [-0.1, -0.05) is 24.6 Å². The second-order valence-electron chi connectivity index (χ2n) is 8.16. The molecule has 172 valence electrons. The Morgan fingerprint density at radius 1 is 1.12 bits per heavy atom. The number of fused-ring (bicyclic) bond motifs is 1. The zero-order valence-electron chi connectivity index (χ0n) is 18.9. The first-order valence-corrected chi connectivity index (χ1v) is 11.1. The van der Waals surface area contributed by atoms with E-state index in [9.17, 15) is 9.18 Å². The number of halogens is 1. The predicted molar refractivity (Wildman–Crippen MR) is 125 cm³/mol. The maximum absolute atomic E-state index is 13.1. The van der Waals surface area contributed by atoms with Crippen LogP contribution >= 0.6 is 0 Å². The van der Waals surface area contributed by atoms with Gasteiger partial charge >= 0.3 is 0 Å². The minimum absolute atomic E-state index is 0.129. The van der Waals surface area contributed by atoms with Crippen molar-refractivity contribution >= 4 is 16.9 Å². The number of rotatable bonds is 10. The summed E-state index contributed by atoms with van der Waals surface area (Å²) in [4.78, 5) is 14.7. The van der Waals surface area contributed by atoms with Crippen LogP contribution in [0.1, 0.15) is 41.1 Å². The number of aromatic amines is 1. The molecule has 7 heteroatoms. The van der Waals surface area contributed by atoms with Crippen molar-refractivity contribution in [3.05, 3.63) is 77.4 Å². The molecule has 4 aromatic rings. The van der Waals surface area contributed by atoms with E-state index in [0.29, 0.717) is 24.5 Å². The SMILES string of the molecule is COCc1c(C(=O)N(C)CCCCCc2cc(-c3ccc(F)cc3)n[nH]2)oc2ccccc12. The summed E-state index contributed by atoms with van der Waals surface area (Å²) in [7, 11) is 3.41. The summed E-state index contributed by atoms with van der Waals surface area (Å²) in [5.41, 5.74) is 4.23. The highest BCUT2D eigenvalue weighted by Gasteiger charge is 2.23. The summed E-state index contributed by atoms with van der Waals surface area (Å²) >= 11 is 0.